The van der Waals surface area contributed by atoms with Gasteiger partial charge in [0.2, 0.25) is 5.91 Å². The predicted molar refractivity (Wildman–Crippen MR) is 97.7 cm³/mol. The zero-order valence-corrected chi connectivity index (χ0v) is 13.7. The number of carbonyl (C=O) groups is 1. The number of anilines is 2. The summed E-state index contributed by atoms with van der Waals surface area (Å²) >= 11 is 0. The van der Waals surface area contributed by atoms with Gasteiger partial charge < -0.3 is 5.32 Å². The van der Waals surface area contributed by atoms with Crippen molar-refractivity contribution in [2.45, 2.75) is 13.3 Å². The molecule has 2 N–H and O–H groups in total. The van der Waals surface area contributed by atoms with E-state index in [1.165, 1.54) is 0 Å². The van der Waals surface area contributed by atoms with Crippen molar-refractivity contribution in [1.82, 2.24) is 15.4 Å². The lowest BCUT2D eigenvalue weighted by atomic mass is 9.93. The van der Waals surface area contributed by atoms with Crippen molar-refractivity contribution in [2.24, 2.45) is 11.0 Å². The summed E-state index contributed by atoms with van der Waals surface area (Å²) in [5, 5.41) is 8.47. The monoisotopic (exact) mass is 331 g/mol. The number of rotatable bonds is 3. The van der Waals surface area contributed by atoms with Crippen molar-refractivity contribution in [3.8, 4) is 0 Å². The molecule has 0 fully saturated rings. The number of aromatic nitrogens is 2. The lowest BCUT2D eigenvalue weighted by molar-refractivity contribution is -0.121. The van der Waals surface area contributed by atoms with Crippen LogP contribution in [-0.4, -0.2) is 21.6 Å². The Morgan fingerprint density at radius 1 is 1.12 bits per heavy atom. The molecule has 25 heavy (non-hydrogen) atoms. The maximum atomic E-state index is 11.4. The summed E-state index contributed by atoms with van der Waals surface area (Å²) in [5.74, 6) is 0.790. The van der Waals surface area contributed by atoms with Gasteiger partial charge in [0, 0.05) is 29.0 Å². The Hall–Kier alpha value is -3.28. The fourth-order valence-corrected chi connectivity index (χ4v) is 2.98. The van der Waals surface area contributed by atoms with Crippen LogP contribution in [0.15, 0.2) is 60.0 Å². The quantitative estimate of drug-likeness (QED) is 0.772. The maximum absolute atomic E-state index is 11.4. The molecular formula is C19H17N5O. The van der Waals surface area contributed by atoms with Crippen LogP contribution < -0.4 is 10.7 Å². The molecule has 1 aromatic heterocycles. The molecule has 1 aliphatic heterocycles. The molecule has 0 saturated heterocycles. The molecule has 4 rings (SSSR count). The van der Waals surface area contributed by atoms with Gasteiger partial charge in [0.15, 0.2) is 0 Å². The summed E-state index contributed by atoms with van der Waals surface area (Å²) in [4.78, 5) is 20.2. The number of hydrogen-bond acceptors (Lipinski definition) is 5. The summed E-state index contributed by atoms with van der Waals surface area (Å²) in [6, 6.07) is 15.9. The van der Waals surface area contributed by atoms with Crippen molar-refractivity contribution < 1.29 is 4.79 Å². The summed E-state index contributed by atoms with van der Waals surface area (Å²) in [6.07, 6.45) is 1.99. The largest absolute Gasteiger partial charge is 0.340 e. The fraction of sp³-hybridized carbons (Fsp3) is 0.158. The molecule has 2 aromatic carbocycles. The molecule has 0 saturated carbocycles. The molecule has 6 heteroatoms. The van der Waals surface area contributed by atoms with E-state index < -0.39 is 0 Å². The van der Waals surface area contributed by atoms with Crippen molar-refractivity contribution in [2.75, 3.05) is 5.32 Å². The van der Waals surface area contributed by atoms with Gasteiger partial charge in [-0.1, -0.05) is 31.2 Å². The van der Waals surface area contributed by atoms with Crippen LogP contribution in [0.2, 0.25) is 0 Å². The van der Waals surface area contributed by atoms with Crippen LogP contribution in [0.1, 0.15) is 18.9 Å². The molecule has 3 aromatic rings. The number of carbonyl (C=O) groups excluding carboxylic acids is 1. The molecular weight excluding hydrogens is 314 g/mol. The second-order valence-electron chi connectivity index (χ2n) is 6.08. The van der Waals surface area contributed by atoms with Gasteiger partial charge in [0.25, 0.3) is 0 Å². The van der Waals surface area contributed by atoms with Gasteiger partial charge in [-0.25, -0.2) is 15.4 Å². The molecule has 1 aliphatic rings. The van der Waals surface area contributed by atoms with Crippen LogP contribution in [0.25, 0.3) is 10.9 Å². The number of hydrazone groups is 1. The minimum atomic E-state index is -0.0475. The van der Waals surface area contributed by atoms with Crippen molar-refractivity contribution >= 4 is 34.0 Å². The van der Waals surface area contributed by atoms with Gasteiger partial charge in [-0.3, -0.25) is 4.79 Å². The van der Waals surface area contributed by atoms with E-state index >= 15 is 0 Å². The molecule has 2 heterocycles. The van der Waals surface area contributed by atoms with Crippen LogP contribution in [0, 0.1) is 5.92 Å². The summed E-state index contributed by atoms with van der Waals surface area (Å²) in [5.41, 5.74) is 6.20. The van der Waals surface area contributed by atoms with Crippen molar-refractivity contribution in [1.29, 1.82) is 0 Å². The summed E-state index contributed by atoms with van der Waals surface area (Å²) in [6.45, 7) is 2.00. The third-order valence-corrected chi connectivity index (χ3v) is 4.23. The third kappa shape index (κ3) is 3.06. The van der Waals surface area contributed by atoms with Gasteiger partial charge in [-0.2, -0.15) is 5.10 Å². The van der Waals surface area contributed by atoms with Crippen LogP contribution in [0.5, 0.6) is 0 Å². The van der Waals surface area contributed by atoms with E-state index in [0.29, 0.717) is 6.42 Å². The Kier molecular flexibility index (Phi) is 3.85. The first-order valence-electron chi connectivity index (χ1n) is 8.14. The van der Waals surface area contributed by atoms with Crippen LogP contribution >= 0.6 is 0 Å². The number of nitrogens with one attached hydrogen (secondary N) is 2. The standard InChI is InChI=1S/C19H17N5O/c1-12-9-17(25)23-24-18(12)13-7-8-15-16(10-13)20-11-21-19(15)22-14-5-3-2-4-6-14/h2-8,10-12H,9H2,1H3,(H,23,25)(H,20,21,22). The first-order chi connectivity index (χ1) is 12.2. The Bertz CT molecular complexity index is 968. The van der Waals surface area contributed by atoms with Crippen LogP contribution in [0.4, 0.5) is 11.5 Å². The van der Waals surface area contributed by atoms with E-state index in [4.69, 9.17) is 0 Å². The topological polar surface area (TPSA) is 79.3 Å². The molecule has 1 unspecified atom stereocenters. The SMILES string of the molecule is CC1CC(=O)NN=C1c1ccc2c(Nc3ccccc3)ncnc2c1. The van der Waals surface area contributed by atoms with Crippen molar-refractivity contribution in [3.63, 3.8) is 0 Å². The molecule has 6 nitrogen and oxygen atoms in total. The Morgan fingerprint density at radius 3 is 2.76 bits per heavy atom. The van der Waals surface area contributed by atoms with Gasteiger partial charge in [-0.05, 0) is 24.3 Å². The highest BCUT2D eigenvalue weighted by Gasteiger charge is 2.22. The number of amides is 1. The maximum Gasteiger partial charge on any atom is 0.240 e. The Balaban J connectivity index is 1.72. The van der Waals surface area contributed by atoms with Gasteiger partial charge >= 0.3 is 0 Å². The van der Waals surface area contributed by atoms with E-state index in [2.05, 4.69) is 25.8 Å². The fourth-order valence-electron chi connectivity index (χ4n) is 2.98. The molecule has 1 atom stereocenters. The second kappa shape index (κ2) is 6.32. The zero-order valence-electron chi connectivity index (χ0n) is 13.7. The van der Waals surface area contributed by atoms with Gasteiger partial charge in [-0.15, -0.1) is 0 Å². The second-order valence-corrected chi connectivity index (χ2v) is 6.08. The van der Waals surface area contributed by atoms with E-state index in [9.17, 15) is 4.79 Å². The number of para-hydroxylation sites is 1. The highest BCUT2D eigenvalue weighted by molar-refractivity contribution is 6.08. The molecule has 1 amide bonds. The lowest BCUT2D eigenvalue weighted by Gasteiger charge is -2.19. The minimum absolute atomic E-state index is 0.0475. The van der Waals surface area contributed by atoms with E-state index in [1.54, 1.807) is 6.33 Å². The highest BCUT2D eigenvalue weighted by Crippen LogP contribution is 2.25. The van der Waals surface area contributed by atoms with E-state index in [1.807, 2.05) is 55.5 Å². The van der Waals surface area contributed by atoms with Crippen molar-refractivity contribution in [3.05, 3.63) is 60.4 Å². The van der Waals surface area contributed by atoms with Crippen LogP contribution in [-0.2, 0) is 4.79 Å². The van der Waals surface area contributed by atoms with Gasteiger partial charge in [0.05, 0.1) is 11.2 Å². The average molecular weight is 331 g/mol. The first kappa shape index (κ1) is 15.3. The Labute approximate surface area is 145 Å². The highest BCUT2D eigenvalue weighted by atomic mass is 16.2. The Morgan fingerprint density at radius 2 is 1.96 bits per heavy atom. The molecule has 0 radical (unpaired) electrons. The zero-order chi connectivity index (χ0) is 17.2. The summed E-state index contributed by atoms with van der Waals surface area (Å²) in [7, 11) is 0. The predicted octanol–water partition coefficient (Wildman–Crippen LogP) is 3.23. The molecule has 0 aliphatic carbocycles. The third-order valence-electron chi connectivity index (χ3n) is 4.23. The number of benzene rings is 2. The number of hydrogen-bond donors (Lipinski definition) is 2. The summed E-state index contributed by atoms with van der Waals surface area (Å²) < 4.78 is 0. The van der Waals surface area contributed by atoms with Crippen LogP contribution in [0.3, 0.4) is 0 Å². The number of nitrogens with zero attached hydrogens (tertiary/aromatic N) is 3. The molecule has 0 bridgehead atoms. The lowest BCUT2D eigenvalue weighted by Crippen LogP contribution is -2.31. The smallest absolute Gasteiger partial charge is 0.240 e. The molecule has 124 valence electrons. The molecule has 0 spiro atoms. The number of fused-ring (bicyclic) bond motifs is 1. The van der Waals surface area contributed by atoms with E-state index in [-0.39, 0.29) is 11.8 Å². The van der Waals surface area contributed by atoms with Gasteiger partial charge in [0.1, 0.15) is 12.1 Å². The minimum Gasteiger partial charge on any atom is -0.340 e. The van der Waals surface area contributed by atoms with E-state index in [0.717, 1.165) is 33.7 Å². The average Bonchev–Trinajstić information content (AvgIpc) is 2.62. The normalized spacial score (nSPS) is 17.1. The first-order valence-corrected chi connectivity index (χ1v) is 8.14.